The Morgan fingerprint density at radius 3 is 2.18 bits per heavy atom. The highest BCUT2D eigenvalue weighted by atomic mass is 32.1. The summed E-state index contributed by atoms with van der Waals surface area (Å²) in [6.07, 6.45) is 5.95. The number of hydrogen-bond donors (Lipinski definition) is 4. The summed E-state index contributed by atoms with van der Waals surface area (Å²) in [4.78, 5) is 57.3. The number of nitrogens with zero attached hydrogens (tertiary/aromatic N) is 2. The molecular formula is C33H48N4O6S. The number of likely N-dealkylation sites (tertiary alicyclic amines) is 1. The Kier molecular flexibility index (Phi) is 13.3. The van der Waals surface area contributed by atoms with E-state index >= 15 is 0 Å². The van der Waals surface area contributed by atoms with Gasteiger partial charge in [-0.2, -0.15) is 0 Å². The normalized spacial score (nSPS) is 17.3. The van der Waals surface area contributed by atoms with Gasteiger partial charge in [0.25, 0.3) is 0 Å². The molecule has 1 unspecified atom stereocenters. The van der Waals surface area contributed by atoms with E-state index in [4.69, 9.17) is 5.11 Å². The third-order valence-electron chi connectivity index (χ3n) is 8.01. The maximum atomic E-state index is 13.8. The fourth-order valence-electron chi connectivity index (χ4n) is 5.46. The van der Waals surface area contributed by atoms with Crippen LogP contribution >= 0.6 is 11.3 Å². The van der Waals surface area contributed by atoms with E-state index in [0.29, 0.717) is 19.3 Å². The van der Waals surface area contributed by atoms with E-state index < -0.39 is 29.6 Å². The van der Waals surface area contributed by atoms with Crippen LogP contribution in [0.3, 0.4) is 0 Å². The predicted octanol–water partition coefficient (Wildman–Crippen LogP) is 4.82. The standard InChI is InChI=1S/C33H48N4O6S/c1-22-29(44-21-35-22)24-16-14-23(15-17-24)19-34-31(42)26-18-25(38)20-37(26)32(43)30(33(2,3)4)36-27(39)12-10-8-6-5-7-9-11-13-28(40)41/h14-17,21,25-26,30,38H,5-13,18-20H2,1-4H3,(H,34,42)(H,36,39)(H,40,41)/t25-,26+,30?/m1/s1. The van der Waals surface area contributed by atoms with Crippen molar-refractivity contribution in [1.82, 2.24) is 20.5 Å². The first-order valence-electron chi connectivity index (χ1n) is 15.6. The van der Waals surface area contributed by atoms with E-state index in [1.807, 2.05) is 57.5 Å². The lowest BCUT2D eigenvalue weighted by molar-refractivity contribution is -0.144. The second-order valence-corrected chi connectivity index (χ2v) is 13.7. The monoisotopic (exact) mass is 628 g/mol. The van der Waals surface area contributed by atoms with Crippen LogP contribution in [0.25, 0.3) is 10.4 Å². The van der Waals surface area contributed by atoms with E-state index in [2.05, 4.69) is 15.6 Å². The number of nitrogens with one attached hydrogen (secondary N) is 2. The largest absolute Gasteiger partial charge is 0.481 e. The highest BCUT2D eigenvalue weighted by molar-refractivity contribution is 7.13. The predicted molar refractivity (Wildman–Crippen MR) is 171 cm³/mol. The summed E-state index contributed by atoms with van der Waals surface area (Å²) in [5.41, 5.74) is 4.17. The third-order valence-corrected chi connectivity index (χ3v) is 8.98. The molecule has 0 saturated carbocycles. The van der Waals surface area contributed by atoms with Crippen LogP contribution in [-0.2, 0) is 25.7 Å². The van der Waals surface area contributed by atoms with Crippen molar-refractivity contribution in [3.63, 3.8) is 0 Å². The molecule has 0 aliphatic carbocycles. The first kappa shape index (κ1) is 35.2. The second-order valence-electron chi connectivity index (χ2n) is 12.8. The van der Waals surface area contributed by atoms with E-state index in [-0.39, 0.29) is 43.7 Å². The number of rotatable bonds is 16. The molecule has 44 heavy (non-hydrogen) atoms. The molecule has 3 atom stereocenters. The smallest absolute Gasteiger partial charge is 0.303 e. The first-order chi connectivity index (χ1) is 20.9. The molecule has 2 aromatic rings. The van der Waals surface area contributed by atoms with Crippen LogP contribution in [0.4, 0.5) is 0 Å². The Morgan fingerprint density at radius 1 is 1.00 bits per heavy atom. The molecule has 2 heterocycles. The van der Waals surface area contributed by atoms with E-state index in [1.54, 1.807) is 11.3 Å². The zero-order chi connectivity index (χ0) is 32.3. The van der Waals surface area contributed by atoms with Gasteiger partial charge in [-0.25, -0.2) is 4.98 Å². The molecule has 0 radical (unpaired) electrons. The van der Waals surface area contributed by atoms with Gasteiger partial charge in [0, 0.05) is 32.4 Å². The van der Waals surface area contributed by atoms with E-state index in [1.165, 1.54) is 4.90 Å². The summed E-state index contributed by atoms with van der Waals surface area (Å²) < 4.78 is 0. The Hall–Kier alpha value is -3.31. The molecule has 3 rings (SSSR count). The van der Waals surface area contributed by atoms with Crippen molar-refractivity contribution in [2.24, 2.45) is 5.41 Å². The molecule has 1 aromatic heterocycles. The van der Waals surface area contributed by atoms with Gasteiger partial charge in [0.2, 0.25) is 17.7 Å². The first-order valence-corrected chi connectivity index (χ1v) is 16.5. The summed E-state index contributed by atoms with van der Waals surface area (Å²) in [7, 11) is 0. The van der Waals surface area contributed by atoms with E-state index in [9.17, 15) is 24.3 Å². The number of aliphatic hydroxyl groups excluding tert-OH is 1. The van der Waals surface area contributed by atoms with Crippen molar-refractivity contribution in [3.05, 3.63) is 41.0 Å². The van der Waals surface area contributed by atoms with Gasteiger partial charge < -0.3 is 25.7 Å². The Balaban J connectivity index is 1.50. The molecule has 0 spiro atoms. The van der Waals surface area contributed by atoms with Crippen LogP contribution < -0.4 is 10.6 Å². The molecule has 0 bridgehead atoms. The zero-order valence-corrected chi connectivity index (χ0v) is 27.3. The van der Waals surface area contributed by atoms with Crippen molar-refractivity contribution in [3.8, 4) is 10.4 Å². The van der Waals surface area contributed by atoms with Crippen molar-refractivity contribution >= 4 is 35.0 Å². The number of thiazole rings is 1. The molecule has 1 aliphatic rings. The average molecular weight is 629 g/mol. The maximum Gasteiger partial charge on any atom is 0.303 e. The maximum absolute atomic E-state index is 13.8. The van der Waals surface area contributed by atoms with Gasteiger partial charge in [-0.05, 0) is 36.3 Å². The van der Waals surface area contributed by atoms with Gasteiger partial charge in [-0.3, -0.25) is 19.2 Å². The van der Waals surface area contributed by atoms with Gasteiger partial charge in [-0.15, -0.1) is 11.3 Å². The minimum Gasteiger partial charge on any atom is -0.481 e. The Bertz CT molecular complexity index is 1260. The highest BCUT2D eigenvalue weighted by Gasteiger charge is 2.44. The fraction of sp³-hybridized carbons (Fsp3) is 0.606. The zero-order valence-electron chi connectivity index (χ0n) is 26.4. The fourth-order valence-corrected chi connectivity index (χ4v) is 6.27. The van der Waals surface area contributed by atoms with Crippen LogP contribution in [0.15, 0.2) is 29.8 Å². The number of hydrogen-bond acceptors (Lipinski definition) is 7. The van der Waals surface area contributed by atoms with Crippen molar-refractivity contribution in [2.75, 3.05) is 6.54 Å². The number of amides is 3. The number of aliphatic hydroxyl groups is 1. The Morgan fingerprint density at radius 2 is 1.61 bits per heavy atom. The number of benzene rings is 1. The minimum atomic E-state index is -0.840. The van der Waals surface area contributed by atoms with Crippen molar-refractivity contribution in [2.45, 2.75) is 117 Å². The van der Waals surface area contributed by atoms with Crippen LogP contribution in [0, 0.1) is 12.3 Å². The molecule has 10 nitrogen and oxygen atoms in total. The van der Waals surface area contributed by atoms with Crippen LogP contribution in [0.2, 0.25) is 0 Å². The lowest BCUT2D eigenvalue weighted by atomic mass is 9.85. The van der Waals surface area contributed by atoms with Gasteiger partial charge in [0.15, 0.2) is 0 Å². The summed E-state index contributed by atoms with van der Waals surface area (Å²) in [5, 5.41) is 25.0. The van der Waals surface area contributed by atoms with E-state index in [0.717, 1.165) is 53.8 Å². The van der Waals surface area contributed by atoms with Gasteiger partial charge in [-0.1, -0.05) is 77.1 Å². The number of carbonyl (C=O) groups excluding carboxylic acids is 3. The van der Waals surface area contributed by atoms with Crippen LogP contribution in [-0.4, -0.2) is 68.5 Å². The number of aliphatic carboxylic acids is 1. The molecule has 1 aromatic carbocycles. The quantitative estimate of drug-likeness (QED) is 0.195. The number of aromatic nitrogens is 1. The van der Waals surface area contributed by atoms with Crippen molar-refractivity contribution in [1.29, 1.82) is 0 Å². The van der Waals surface area contributed by atoms with Crippen molar-refractivity contribution < 1.29 is 29.4 Å². The lowest BCUT2D eigenvalue weighted by Crippen LogP contribution is -2.57. The molecule has 1 saturated heterocycles. The molecule has 3 amide bonds. The lowest BCUT2D eigenvalue weighted by Gasteiger charge is -2.35. The average Bonchev–Trinajstić information content (AvgIpc) is 3.58. The number of unbranched alkanes of at least 4 members (excludes halogenated alkanes) is 6. The summed E-state index contributed by atoms with van der Waals surface area (Å²) in [6, 6.07) is 6.24. The Labute approximate surface area is 264 Å². The molecule has 4 N–H and O–H groups in total. The number of carboxylic acid groups (broad SMARTS) is 1. The summed E-state index contributed by atoms with van der Waals surface area (Å²) >= 11 is 1.58. The summed E-state index contributed by atoms with van der Waals surface area (Å²) in [5.74, 6) is -1.67. The summed E-state index contributed by atoms with van der Waals surface area (Å²) in [6.45, 7) is 7.92. The molecule has 1 aliphatic heterocycles. The SMILES string of the molecule is Cc1ncsc1-c1ccc(CNC(=O)[C@@H]2C[C@@H](O)CN2C(=O)C(NC(=O)CCCCCCCCCC(=O)O)C(C)(C)C)cc1. The molecule has 242 valence electrons. The number of aryl methyl sites for hydroxylation is 1. The van der Waals surface area contributed by atoms with Gasteiger partial charge in [0.1, 0.15) is 12.1 Å². The van der Waals surface area contributed by atoms with Crippen LogP contribution in [0.1, 0.15) is 96.2 Å². The number of carboxylic acids is 1. The number of carbonyl (C=O) groups is 4. The third kappa shape index (κ3) is 10.7. The highest BCUT2D eigenvalue weighted by Crippen LogP contribution is 2.28. The van der Waals surface area contributed by atoms with Gasteiger partial charge in [0.05, 0.1) is 22.2 Å². The van der Waals surface area contributed by atoms with Gasteiger partial charge >= 0.3 is 5.97 Å². The van der Waals surface area contributed by atoms with Crippen LogP contribution in [0.5, 0.6) is 0 Å². The molecule has 1 fully saturated rings. The second kappa shape index (κ2) is 16.7. The number of β-amino-alcohol motifs (C(OH)–C–C–N with tert-alkyl or cyclic N) is 1. The molecule has 11 heteroatoms. The molecular weight excluding hydrogens is 580 g/mol. The minimum absolute atomic E-state index is 0.0364. The topological polar surface area (TPSA) is 149 Å².